The number of anilines is 2. The fourth-order valence-electron chi connectivity index (χ4n) is 3.18. The van der Waals surface area contributed by atoms with Gasteiger partial charge in [-0.05, 0) is 25.0 Å². The molecule has 1 fully saturated rings. The molecule has 1 saturated heterocycles. The quantitative estimate of drug-likeness (QED) is 0.718. The molecule has 0 unspecified atom stereocenters. The first-order valence-corrected chi connectivity index (χ1v) is 9.42. The van der Waals surface area contributed by atoms with Crippen LogP contribution < -0.4 is 9.80 Å². The summed E-state index contributed by atoms with van der Waals surface area (Å²) in [5, 5.41) is 1.04. The Labute approximate surface area is 150 Å². The molecule has 0 N–H and O–H groups in total. The van der Waals surface area contributed by atoms with Crippen molar-refractivity contribution in [2.45, 2.75) is 19.8 Å². The first kappa shape index (κ1) is 16.2. The predicted octanol–water partition coefficient (Wildman–Crippen LogP) is 3.50. The van der Waals surface area contributed by atoms with E-state index in [0.717, 1.165) is 43.2 Å². The van der Waals surface area contributed by atoms with Crippen LogP contribution in [0.15, 0.2) is 30.6 Å². The van der Waals surface area contributed by atoms with Crippen LogP contribution in [0.4, 0.5) is 15.3 Å². The minimum Gasteiger partial charge on any atom is -0.352 e. The van der Waals surface area contributed by atoms with Gasteiger partial charge in [0.2, 0.25) is 0 Å². The van der Waals surface area contributed by atoms with Gasteiger partial charge in [-0.3, -0.25) is 0 Å². The van der Waals surface area contributed by atoms with Gasteiger partial charge in [-0.15, -0.1) is 0 Å². The molecule has 0 bridgehead atoms. The number of aryl methyl sites for hydroxylation is 1. The average Bonchev–Trinajstić information content (AvgIpc) is 2.92. The lowest BCUT2D eigenvalue weighted by Gasteiger charge is -2.23. The lowest BCUT2D eigenvalue weighted by atomic mass is 10.3. The van der Waals surface area contributed by atoms with Gasteiger partial charge in [-0.1, -0.05) is 30.4 Å². The van der Waals surface area contributed by atoms with Crippen LogP contribution in [0, 0.1) is 5.82 Å². The Bertz CT molecular complexity index is 848. The third-order valence-electron chi connectivity index (χ3n) is 4.53. The first-order valence-electron chi connectivity index (χ1n) is 8.61. The molecule has 0 saturated carbocycles. The SMILES string of the molecule is CCc1ncnc(N2CCCN(c3nc4ccccc4s3)CC2)c1F. The summed E-state index contributed by atoms with van der Waals surface area (Å²) in [6.07, 6.45) is 2.99. The minimum atomic E-state index is -0.279. The van der Waals surface area contributed by atoms with Crippen LogP contribution in [-0.4, -0.2) is 41.1 Å². The van der Waals surface area contributed by atoms with Crippen molar-refractivity contribution in [1.82, 2.24) is 15.0 Å². The van der Waals surface area contributed by atoms with Crippen LogP contribution in [0.1, 0.15) is 19.0 Å². The monoisotopic (exact) mass is 357 g/mol. The summed E-state index contributed by atoms with van der Waals surface area (Å²) >= 11 is 1.72. The molecule has 0 spiro atoms. The van der Waals surface area contributed by atoms with E-state index in [2.05, 4.69) is 20.9 Å². The van der Waals surface area contributed by atoms with E-state index in [1.165, 1.54) is 11.0 Å². The van der Waals surface area contributed by atoms with Gasteiger partial charge in [-0.2, -0.15) is 0 Å². The van der Waals surface area contributed by atoms with E-state index in [1.54, 1.807) is 11.3 Å². The Hall–Kier alpha value is -2.28. The van der Waals surface area contributed by atoms with Gasteiger partial charge >= 0.3 is 0 Å². The number of para-hydroxylation sites is 1. The second kappa shape index (κ2) is 6.92. The maximum atomic E-state index is 14.6. The van der Waals surface area contributed by atoms with E-state index in [0.29, 0.717) is 17.9 Å². The van der Waals surface area contributed by atoms with Gasteiger partial charge in [0.25, 0.3) is 0 Å². The van der Waals surface area contributed by atoms with E-state index in [1.807, 2.05) is 30.0 Å². The molecular formula is C18H20FN5S. The van der Waals surface area contributed by atoms with E-state index in [-0.39, 0.29) is 5.82 Å². The topological polar surface area (TPSA) is 45.2 Å². The smallest absolute Gasteiger partial charge is 0.187 e. The molecule has 5 nitrogen and oxygen atoms in total. The molecule has 130 valence electrons. The van der Waals surface area contributed by atoms with Crippen LogP contribution in [0.25, 0.3) is 10.2 Å². The highest BCUT2D eigenvalue weighted by Gasteiger charge is 2.22. The molecule has 0 amide bonds. The molecule has 25 heavy (non-hydrogen) atoms. The van der Waals surface area contributed by atoms with Crippen LogP contribution in [-0.2, 0) is 6.42 Å². The number of aromatic nitrogens is 3. The number of benzene rings is 1. The predicted molar refractivity (Wildman–Crippen MR) is 100 cm³/mol. The Morgan fingerprint density at radius 2 is 1.88 bits per heavy atom. The summed E-state index contributed by atoms with van der Waals surface area (Å²) in [5.74, 6) is 0.149. The number of rotatable bonds is 3. The summed E-state index contributed by atoms with van der Waals surface area (Å²) in [5.41, 5.74) is 1.52. The molecule has 1 aliphatic heterocycles. The zero-order chi connectivity index (χ0) is 17.2. The highest BCUT2D eigenvalue weighted by molar-refractivity contribution is 7.22. The second-order valence-corrected chi connectivity index (χ2v) is 7.11. The van der Waals surface area contributed by atoms with Crippen molar-refractivity contribution in [3.63, 3.8) is 0 Å². The Balaban J connectivity index is 1.54. The average molecular weight is 357 g/mol. The van der Waals surface area contributed by atoms with Crippen LogP contribution in [0.3, 0.4) is 0 Å². The second-order valence-electron chi connectivity index (χ2n) is 6.10. The van der Waals surface area contributed by atoms with Crippen molar-refractivity contribution in [3.8, 4) is 0 Å². The molecule has 0 atom stereocenters. The van der Waals surface area contributed by atoms with Crippen molar-refractivity contribution in [1.29, 1.82) is 0 Å². The molecule has 7 heteroatoms. The highest BCUT2D eigenvalue weighted by Crippen LogP contribution is 2.29. The zero-order valence-corrected chi connectivity index (χ0v) is 15.0. The Morgan fingerprint density at radius 1 is 1.08 bits per heavy atom. The summed E-state index contributed by atoms with van der Waals surface area (Å²) in [6, 6.07) is 8.20. The van der Waals surface area contributed by atoms with Crippen molar-refractivity contribution in [2.75, 3.05) is 36.0 Å². The largest absolute Gasteiger partial charge is 0.352 e. The van der Waals surface area contributed by atoms with Crippen molar-refractivity contribution >= 4 is 32.5 Å². The van der Waals surface area contributed by atoms with Crippen LogP contribution >= 0.6 is 11.3 Å². The fourth-order valence-corrected chi connectivity index (χ4v) is 4.20. The van der Waals surface area contributed by atoms with Gasteiger partial charge in [0, 0.05) is 26.2 Å². The summed E-state index contributed by atoms with van der Waals surface area (Å²) in [6.45, 7) is 5.16. The number of nitrogens with zero attached hydrogens (tertiary/aromatic N) is 5. The minimum absolute atomic E-state index is 0.279. The maximum absolute atomic E-state index is 14.6. The number of hydrogen-bond donors (Lipinski definition) is 0. The number of fused-ring (bicyclic) bond motifs is 1. The van der Waals surface area contributed by atoms with Crippen molar-refractivity contribution in [3.05, 3.63) is 42.1 Å². The summed E-state index contributed by atoms with van der Waals surface area (Å²) < 4.78 is 15.8. The molecule has 3 heterocycles. The van der Waals surface area contributed by atoms with Crippen LogP contribution in [0.2, 0.25) is 0 Å². The van der Waals surface area contributed by atoms with E-state index < -0.39 is 0 Å². The highest BCUT2D eigenvalue weighted by atomic mass is 32.1. The van der Waals surface area contributed by atoms with Crippen LogP contribution in [0.5, 0.6) is 0 Å². The van der Waals surface area contributed by atoms with Gasteiger partial charge in [0.15, 0.2) is 16.8 Å². The molecule has 4 rings (SSSR count). The Morgan fingerprint density at radius 3 is 2.72 bits per heavy atom. The van der Waals surface area contributed by atoms with Crippen molar-refractivity contribution < 1.29 is 4.39 Å². The lowest BCUT2D eigenvalue weighted by Crippen LogP contribution is -2.32. The molecule has 0 aliphatic carbocycles. The summed E-state index contributed by atoms with van der Waals surface area (Å²) in [4.78, 5) is 17.3. The third-order valence-corrected chi connectivity index (χ3v) is 5.62. The standard InChI is InChI=1S/C18H20FN5S/c1-2-13-16(19)17(21-12-20-13)23-8-5-9-24(11-10-23)18-22-14-6-3-4-7-15(14)25-18/h3-4,6-7,12H,2,5,8-11H2,1H3. The van der Waals surface area contributed by atoms with E-state index in [4.69, 9.17) is 4.98 Å². The van der Waals surface area contributed by atoms with Gasteiger partial charge in [0.1, 0.15) is 6.33 Å². The first-order chi connectivity index (χ1) is 12.3. The van der Waals surface area contributed by atoms with Gasteiger partial charge in [-0.25, -0.2) is 19.3 Å². The van der Waals surface area contributed by atoms with Gasteiger partial charge < -0.3 is 9.80 Å². The van der Waals surface area contributed by atoms with E-state index in [9.17, 15) is 4.39 Å². The maximum Gasteiger partial charge on any atom is 0.187 e. The molecule has 1 aliphatic rings. The van der Waals surface area contributed by atoms with Gasteiger partial charge in [0.05, 0.1) is 15.9 Å². The number of thiazole rings is 1. The molecule has 1 aromatic carbocycles. The number of hydrogen-bond acceptors (Lipinski definition) is 6. The normalized spacial score (nSPS) is 15.6. The fraction of sp³-hybridized carbons (Fsp3) is 0.389. The summed E-state index contributed by atoms with van der Waals surface area (Å²) in [7, 11) is 0. The zero-order valence-electron chi connectivity index (χ0n) is 14.2. The molecular weight excluding hydrogens is 337 g/mol. The Kier molecular flexibility index (Phi) is 4.48. The number of halogens is 1. The third kappa shape index (κ3) is 3.16. The molecule has 3 aromatic rings. The van der Waals surface area contributed by atoms with Crippen molar-refractivity contribution in [2.24, 2.45) is 0 Å². The molecule has 2 aromatic heterocycles. The molecule has 0 radical (unpaired) electrons. The lowest BCUT2D eigenvalue weighted by molar-refractivity contribution is 0.584. The van der Waals surface area contributed by atoms with E-state index >= 15 is 0 Å².